The molecule has 0 aliphatic carbocycles. The second kappa shape index (κ2) is 4.74. The molecule has 0 bridgehead atoms. The first kappa shape index (κ1) is 12.2. The van der Waals surface area contributed by atoms with E-state index in [1.807, 2.05) is 0 Å². The van der Waals surface area contributed by atoms with Crippen LogP contribution in [-0.4, -0.2) is 18.2 Å². The van der Waals surface area contributed by atoms with Gasteiger partial charge in [-0.05, 0) is 11.6 Å². The maximum Gasteiger partial charge on any atom is 0.454 e. The van der Waals surface area contributed by atoms with Crippen molar-refractivity contribution in [1.82, 2.24) is 0 Å². The van der Waals surface area contributed by atoms with Gasteiger partial charge in [0.05, 0.1) is 0 Å². The monoisotopic (exact) mass is 228 g/mol. The van der Waals surface area contributed by atoms with Crippen molar-refractivity contribution in [1.29, 1.82) is 0 Å². The molecule has 0 atom stereocenters. The zero-order valence-electron chi connectivity index (χ0n) is 7.99. The maximum atomic E-state index is 12.0. The Balaban J connectivity index is 2.91. The van der Waals surface area contributed by atoms with Crippen LogP contribution in [0.5, 0.6) is 0 Å². The fourth-order valence-electron chi connectivity index (χ4n) is 1.06. The molecule has 0 fully saturated rings. The summed E-state index contributed by atoms with van der Waals surface area (Å²) < 4.78 is 36.1. The normalized spacial score (nSPS) is 11.7. The number of hydrogen-bond donors (Lipinski definition) is 0. The molecule has 0 amide bonds. The number of benzene rings is 1. The van der Waals surface area contributed by atoms with Crippen LogP contribution in [0.25, 0.3) is 6.08 Å². The number of rotatable bonds is 3. The lowest BCUT2D eigenvalue weighted by atomic mass is 10.1. The molecule has 0 saturated carbocycles. The molecular formula is C11H7F3O2. The highest BCUT2D eigenvalue weighted by atomic mass is 19.4. The van der Waals surface area contributed by atoms with Crippen LogP contribution < -0.4 is 0 Å². The zero-order valence-corrected chi connectivity index (χ0v) is 7.99. The van der Waals surface area contributed by atoms with Crippen molar-refractivity contribution in [2.75, 3.05) is 0 Å². The summed E-state index contributed by atoms with van der Waals surface area (Å²) in [4.78, 5) is 20.8. The number of halogens is 3. The molecule has 0 aliphatic rings. The van der Waals surface area contributed by atoms with Crippen LogP contribution in [0.3, 0.4) is 0 Å². The van der Waals surface area contributed by atoms with Gasteiger partial charge in [0.1, 0.15) is 6.29 Å². The first-order valence-corrected chi connectivity index (χ1v) is 4.28. The second-order valence-electron chi connectivity index (χ2n) is 2.94. The molecule has 2 nitrogen and oxygen atoms in total. The summed E-state index contributed by atoms with van der Waals surface area (Å²) in [5.41, 5.74) is 0.126. The Morgan fingerprint density at radius 1 is 1.12 bits per heavy atom. The molecule has 5 heteroatoms. The smallest absolute Gasteiger partial charge is 0.299 e. The molecule has 0 spiro atoms. The number of allylic oxidation sites excluding steroid dienone is 1. The van der Waals surface area contributed by atoms with Gasteiger partial charge in [-0.3, -0.25) is 9.59 Å². The molecule has 0 heterocycles. The Morgan fingerprint density at radius 2 is 1.69 bits per heavy atom. The van der Waals surface area contributed by atoms with Crippen molar-refractivity contribution < 1.29 is 22.8 Å². The molecule has 84 valence electrons. The molecular weight excluding hydrogens is 221 g/mol. The number of ketones is 1. The molecule has 1 aromatic carbocycles. The standard InChI is InChI=1S/C11H7F3O2/c12-11(13,14)10(16)9-5-3-8(4-6-9)2-1-7-15/h1-7H. The predicted molar refractivity (Wildman–Crippen MR) is 51.9 cm³/mol. The molecule has 0 aliphatic heterocycles. The minimum Gasteiger partial charge on any atom is -0.299 e. The average molecular weight is 228 g/mol. The Bertz CT molecular complexity index is 416. The summed E-state index contributed by atoms with van der Waals surface area (Å²) in [5.74, 6) is -1.88. The summed E-state index contributed by atoms with van der Waals surface area (Å²) in [7, 11) is 0. The topological polar surface area (TPSA) is 34.1 Å². The minimum atomic E-state index is -4.86. The van der Waals surface area contributed by atoms with Gasteiger partial charge >= 0.3 is 6.18 Å². The van der Waals surface area contributed by atoms with Crippen LogP contribution in [0.2, 0.25) is 0 Å². The number of carbonyl (C=O) groups is 2. The van der Waals surface area contributed by atoms with E-state index in [2.05, 4.69) is 0 Å². The first-order valence-electron chi connectivity index (χ1n) is 4.28. The van der Waals surface area contributed by atoms with E-state index in [0.29, 0.717) is 11.8 Å². The van der Waals surface area contributed by atoms with Crippen LogP contribution in [0.1, 0.15) is 15.9 Å². The number of hydrogen-bond acceptors (Lipinski definition) is 2. The summed E-state index contributed by atoms with van der Waals surface area (Å²) in [6.07, 6.45) is -1.68. The van der Waals surface area contributed by atoms with Gasteiger partial charge in [-0.25, -0.2) is 0 Å². The van der Waals surface area contributed by atoms with Crippen molar-refractivity contribution in [2.45, 2.75) is 6.18 Å². The van der Waals surface area contributed by atoms with E-state index in [-0.39, 0.29) is 0 Å². The van der Waals surface area contributed by atoms with Gasteiger partial charge in [-0.2, -0.15) is 13.2 Å². The number of carbonyl (C=O) groups excluding carboxylic acids is 2. The third-order valence-electron chi connectivity index (χ3n) is 1.80. The Morgan fingerprint density at radius 3 is 2.12 bits per heavy atom. The first-order chi connectivity index (χ1) is 7.45. The van der Waals surface area contributed by atoms with Crippen LogP contribution in [0.15, 0.2) is 30.3 Å². The van der Waals surface area contributed by atoms with Crippen LogP contribution >= 0.6 is 0 Å². The van der Waals surface area contributed by atoms with Crippen LogP contribution in [0, 0.1) is 0 Å². The number of aldehydes is 1. The number of Topliss-reactive ketones (excluding diaryl/α,β-unsaturated/α-hetero) is 1. The molecule has 0 saturated heterocycles. The van der Waals surface area contributed by atoms with E-state index >= 15 is 0 Å². The third-order valence-corrected chi connectivity index (χ3v) is 1.80. The zero-order chi connectivity index (χ0) is 12.2. The highest BCUT2D eigenvalue weighted by molar-refractivity contribution is 6.00. The molecule has 0 unspecified atom stereocenters. The van der Waals surface area contributed by atoms with E-state index in [4.69, 9.17) is 0 Å². The SMILES string of the molecule is O=CC=Cc1ccc(C(=O)C(F)(F)F)cc1. The van der Waals surface area contributed by atoms with Crippen molar-refractivity contribution in [2.24, 2.45) is 0 Å². The molecule has 16 heavy (non-hydrogen) atoms. The van der Waals surface area contributed by atoms with E-state index in [1.165, 1.54) is 24.3 Å². The quantitative estimate of drug-likeness (QED) is 0.452. The van der Waals surface area contributed by atoms with Gasteiger partial charge in [0.25, 0.3) is 5.78 Å². The lowest BCUT2D eigenvalue weighted by Crippen LogP contribution is -2.22. The number of alkyl halides is 3. The predicted octanol–water partition coefficient (Wildman–Crippen LogP) is 2.64. The van der Waals surface area contributed by atoms with Gasteiger partial charge in [0.15, 0.2) is 0 Å². The largest absolute Gasteiger partial charge is 0.454 e. The minimum absolute atomic E-state index is 0.421. The molecule has 1 aromatic rings. The van der Waals surface area contributed by atoms with E-state index < -0.39 is 17.5 Å². The van der Waals surface area contributed by atoms with Crippen molar-refractivity contribution >= 4 is 18.1 Å². The summed E-state index contributed by atoms with van der Waals surface area (Å²) in [6, 6.07) is 4.80. The van der Waals surface area contributed by atoms with Gasteiger partial charge < -0.3 is 0 Å². The Hall–Kier alpha value is -1.91. The Kier molecular flexibility index (Phi) is 3.60. The molecule has 0 radical (unpaired) electrons. The van der Waals surface area contributed by atoms with Gasteiger partial charge in [0, 0.05) is 5.56 Å². The van der Waals surface area contributed by atoms with E-state index in [1.54, 1.807) is 0 Å². The highest BCUT2D eigenvalue weighted by Gasteiger charge is 2.38. The van der Waals surface area contributed by atoms with Gasteiger partial charge in [0.2, 0.25) is 0 Å². The van der Waals surface area contributed by atoms with Gasteiger partial charge in [-0.1, -0.05) is 30.3 Å². The molecule has 0 aromatic heterocycles. The lowest BCUT2D eigenvalue weighted by Gasteiger charge is -2.04. The summed E-state index contributed by atoms with van der Waals surface area (Å²) in [5, 5.41) is 0. The second-order valence-corrected chi connectivity index (χ2v) is 2.94. The third kappa shape index (κ3) is 3.05. The summed E-state index contributed by atoms with van der Waals surface area (Å²) in [6.45, 7) is 0. The molecule has 1 rings (SSSR count). The van der Waals surface area contributed by atoms with Crippen molar-refractivity contribution in [3.8, 4) is 0 Å². The van der Waals surface area contributed by atoms with Gasteiger partial charge in [-0.15, -0.1) is 0 Å². The van der Waals surface area contributed by atoms with Crippen molar-refractivity contribution in [3.63, 3.8) is 0 Å². The maximum absolute atomic E-state index is 12.0. The van der Waals surface area contributed by atoms with Crippen LogP contribution in [0.4, 0.5) is 13.2 Å². The summed E-state index contributed by atoms with van der Waals surface area (Å²) >= 11 is 0. The van der Waals surface area contributed by atoms with Crippen LogP contribution in [-0.2, 0) is 4.79 Å². The lowest BCUT2D eigenvalue weighted by molar-refractivity contribution is -0.104. The molecule has 0 N–H and O–H groups in total. The fraction of sp³-hybridized carbons (Fsp3) is 0.0909. The fourth-order valence-corrected chi connectivity index (χ4v) is 1.06. The average Bonchev–Trinajstić information content (AvgIpc) is 2.25. The van der Waals surface area contributed by atoms with E-state index in [0.717, 1.165) is 12.1 Å². The van der Waals surface area contributed by atoms with E-state index in [9.17, 15) is 22.8 Å². The van der Waals surface area contributed by atoms with Crippen molar-refractivity contribution in [3.05, 3.63) is 41.5 Å². The highest BCUT2D eigenvalue weighted by Crippen LogP contribution is 2.21. The Labute approximate surface area is 89.4 Å².